The zero-order chi connectivity index (χ0) is 23.5. The minimum atomic E-state index is -3.39. The molecule has 0 amide bonds. The van der Waals surface area contributed by atoms with E-state index in [0.717, 1.165) is 60.1 Å². The number of sulfonamides is 1. The van der Waals surface area contributed by atoms with E-state index < -0.39 is 15.4 Å². The van der Waals surface area contributed by atoms with Crippen LogP contribution in [-0.2, 0) is 24.9 Å². The van der Waals surface area contributed by atoms with Crippen LogP contribution in [0.2, 0.25) is 0 Å². The van der Waals surface area contributed by atoms with Crippen molar-refractivity contribution < 1.29 is 17.9 Å². The van der Waals surface area contributed by atoms with Crippen molar-refractivity contribution >= 4 is 26.6 Å². The van der Waals surface area contributed by atoms with Gasteiger partial charge in [-0.15, -0.1) is 0 Å². The largest absolute Gasteiger partial charge is 0.466 e. The summed E-state index contributed by atoms with van der Waals surface area (Å²) in [7, 11) is -3.39. The van der Waals surface area contributed by atoms with Gasteiger partial charge in [-0.05, 0) is 44.2 Å². The van der Waals surface area contributed by atoms with Gasteiger partial charge in [0.05, 0.1) is 22.4 Å². The van der Waals surface area contributed by atoms with Crippen molar-refractivity contribution in [2.45, 2.75) is 58.3 Å². The summed E-state index contributed by atoms with van der Waals surface area (Å²) in [6.45, 7) is 5.91. The van der Waals surface area contributed by atoms with Gasteiger partial charge in [0.15, 0.2) is 0 Å². The lowest BCUT2D eigenvalue weighted by molar-refractivity contribution is 0.163. The number of ether oxygens (including phenoxy) is 2. The molecular formula is C26H32N2O4S. The Bertz CT molecular complexity index is 1240. The fraction of sp³-hybridized carbons (Fsp3) is 0.385. The highest BCUT2D eigenvalue weighted by molar-refractivity contribution is 7.92. The van der Waals surface area contributed by atoms with Gasteiger partial charge in [0.2, 0.25) is 10.0 Å². The summed E-state index contributed by atoms with van der Waals surface area (Å²) in [5, 5.41) is 0.968. The molecule has 4 rings (SSSR count). The number of hydrogen-bond donors (Lipinski definition) is 2. The summed E-state index contributed by atoms with van der Waals surface area (Å²) in [6.07, 6.45) is 16.2. The Morgan fingerprint density at radius 3 is 2.67 bits per heavy atom. The summed E-state index contributed by atoms with van der Waals surface area (Å²) in [5.74, 6) is 1.60. The van der Waals surface area contributed by atoms with Gasteiger partial charge < -0.3 is 14.5 Å². The Balaban J connectivity index is 1.69. The van der Waals surface area contributed by atoms with Crippen molar-refractivity contribution in [3.05, 3.63) is 77.8 Å². The maximum absolute atomic E-state index is 12.2. The van der Waals surface area contributed by atoms with Crippen LogP contribution in [0.15, 0.2) is 72.2 Å². The molecule has 0 bridgehead atoms. The molecule has 0 fully saturated rings. The first kappa shape index (κ1) is 23.2. The molecule has 2 aromatic rings. The number of fused-ring (bicyclic) bond motifs is 1. The van der Waals surface area contributed by atoms with Gasteiger partial charge in [-0.2, -0.15) is 0 Å². The third kappa shape index (κ3) is 4.60. The molecule has 1 aliphatic carbocycles. The molecule has 1 aliphatic heterocycles. The highest BCUT2D eigenvalue weighted by Gasteiger charge is 2.39. The molecule has 0 atom stereocenters. The van der Waals surface area contributed by atoms with Gasteiger partial charge in [0, 0.05) is 18.0 Å². The average molecular weight is 469 g/mol. The molecule has 1 aromatic carbocycles. The third-order valence-electron chi connectivity index (χ3n) is 6.67. The van der Waals surface area contributed by atoms with Crippen LogP contribution < -0.4 is 4.72 Å². The number of nitrogens with one attached hydrogen (secondary N) is 2. The van der Waals surface area contributed by atoms with Crippen LogP contribution in [0, 0.1) is 0 Å². The summed E-state index contributed by atoms with van der Waals surface area (Å²) in [5.41, 5.74) is 3.29. The zero-order valence-corrected chi connectivity index (χ0v) is 20.3. The van der Waals surface area contributed by atoms with Crippen molar-refractivity contribution in [1.82, 2.24) is 4.98 Å². The topological polar surface area (TPSA) is 80.4 Å². The summed E-state index contributed by atoms with van der Waals surface area (Å²) in [6, 6.07) is 5.68. The normalized spacial score (nSPS) is 16.5. The Morgan fingerprint density at radius 2 is 1.97 bits per heavy atom. The Hall–Kier alpha value is -2.93. The molecule has 0 spiro atoms. The molecule has 0 radical (unpaired) electrons. The average Bonchev–Trinajstić information content (AvgIpc) is 3.27. The Morgan fingerprint density at radius 1 is 1.15 bits per heavy atom. The second-order valence-electron chi connectivity index (χ2n) is 8.50. The first-order chi connectivity index (χ1) is 15.9. The van der Waals surface area contributed by atoms with E-state index in [0.29, 0.717) is 5.69 Å². The third-order valence-corrected chi connectivity index (χ3v) is 7.96. The highest BCUT2D eigenvalue weighted by atomic mass is 32.2. The summed E-state index contributed by atoms with van der Waals surface area (Å²) < 4.78 is 39.3. The quantitative estimate of drug-likeness (QED) is 0.447. The van der Waals surface area contributed by atoms with Crippen molar-refractivity contribution in [2.75, 3.05) is 10.5 Å². The van der Waals surface area contributed by atoms with Crippen LogP contribution in [0.5, 0.6) is 0 Å². The number of allylic oxidation sites excluding steroid dienone is 5. The van der Waals surface area contributed by atoms with Crippen molar-refractivity contribution in [1.29, 1.82) is 0 Å². The molecule has 1 aromatic heterocycles. The SMILES string of the molecule is CCC(CC)(C1=COC=C(CC2=CC=CCC2)O1)c1c[nH]c2c(NS(=O)(=O)CC)cccc12. The molecule has 2 aliphatic rings. The molecular weight excluding hydrogens is 436 g/mol. The van der Waals surface area contributed by atoms with Gasteiger partial charge in [0.25, 0.3) is 0 Å². The number of H-pyrrole nitrogens is 1. The number of rotatable bonds is 9. The van der Waals surface area contributed by atoms with E-state index in [4.69, 9.17) is 9.47 Å². The van der Waals surface area contributed by atoms with Crippen LogP contribution in [0.4, 0.5) is 5.69 Å². The maximum atomic E-state index is 12.2. The standard InChI is InChI=1S/C26H32N2O4S/c1-4-26(5-2,24-18-31-17-20(32-24)15-19-11-8-7-9-12-19)22-16-27-25-21(22)13-10-14-23(25)28-33(29,30)6-3/h7-8,10-11,13-14,16-18,27-28H,4-6,9,12,15H2,1-3H3. The smallest absolute Gasteiger partial charge is 0.232 e. The van der Waals surface area contributed by atoms with Gasteiger partial charge in [0.1, 0.15) is 24.0 Å². The van der Waals surface area contributed by atoms with Crippen molar-refractivity contribution in [3.8, 4) is 0 Å². The minimum Gasteiger partial charge on any atom is -0.466 e. The number of aromatic nitrogens is 1. The predicted octanol–water partition coefficient (Wildman–Crippen LogP) is 6.38. The minimum absolute atomic E-state index is 0.0181. The monoisotopic (exact) mass is 468 g/mol. The molecule has 6 nitrogen and oxygen atoms in total. The molecule has 2 N–H and O–H groups in total. The van der Waals surface area contributed by atoms with E-state index in [9.17, 15) is 8.42 Å². The Labute approximate surface area is 196 Å². The number of aromatic amines is 1. The second kappa shape index (κ2) is 9.51. The van der Waals surface area contributed by atoms with Crippen LogP contribution in [0.25, 0.3) is 10.9 Å². The second-order valence-corrected chi connectivity index (χ2v) is 10.5. The van der Waals surface area contributed by atoms with Gasteiger partial charge >= 0.3 is 0 Å². The summed E-state index contributed by atoms with van der Waals surface area (Å²) >= 11 is 0. The van der Waals surface area contributed by atoms with Crippen LogP contribution in [0.1, 0.15) is 58.4 Å². The van der Waals surface area contributed by atoms with Gasteiger partial charge in [-0.1, -0.05) is 49.8 Å². The molecule has 2 heterocycles. The van der Waals surface area contributed by atoms with E-state index >= 15 is 0 Å². The molecule has 0 saturated carbocycles. The van der Waals surface area contributed by atoms with E-state index in [-0.39, 0.29) is 5.75 Å². The first-order valence-electron chi connectivity index (χ1n) is 11.6. The Kier molecular flexibility index (Phi) is 6.70. The summed E-state index contributed by atoms with van der Waals surface area (Å²) in [4.78, 5) is 3.31. The molecule has 7 heteroatoms. The van der Waals surface area contributed by atoms with E-state index in [2.05, 4.69) is 41.8 Å². The number of anilines is 1. The fourth-order valence-corrected chi connectivity index (χ4v) is 5.31. The van der Waals surface area contributed by atoms with Crippen molar-refractivity contribution in [3.63, 3.8) is 0 Å². The van der Waals surface area contributed by atoms with Crippen LogP contribution in [0.3, 0.4) is 0 Å². The van der Waals surface area contributed by atoms with Crippen LogP contribution in [-0.4, -0.2) is 19.2 Å². The molecule has 0 unspecified atom stereocenters. The number of benzene rings is 1. The highest BCUT2D eigenvalue weighted by Crippen LogP contribution is 2.45. The maximum Gasteiger partial charge on any atom is 0.232 e. The van der Waals surface area contributed by atoms with E-state index in [1.165, 1.54) is 5.57 Å². The van der Waals surface area contributed by atoms with Crippen LogP contribution >= 0.6 is 0 Å². The predicted molar refractivity (Wildman–Crippen MR) is 133 cm³/mol. The number of hydrogen-bond acceptors (Lipinski definition) is 4. The van der Waals surface area contributed by atoms with E-state index in [1.807, 2.05) is 18.3 Å². The first-order valence-corrected chi connectivity index (χ1v) is 13.3. The van der Waals surface area contributed by atoms with Gasteiger partial charge in [-0.25, -0.2) is 8.42 Å². The lowest BCUT2D eigenvalue weighted by Gasteiger charge is -2.35. The molecule has 176 valence electrons. The fourth-order valence-electron chi connectivity index (χ4n) is 4.66. The lowest BCUT2D eigenvalue weighted by Crippen LogP contribution is -2.29. The lowest BCUT2D eigenvalue weighted by atomic mass is 9.74. The zero-order valence-electron chi connectivity index (χ0n) is 19.5. The van der Waals surface area contributed by atoms with Gasteiger partial charge in [-0.3, -0.25) is 4.72 Å². The molecule has 33 heavy (non-hydrogen) atoms. The van der Waals surface area contributed by atoms with Crippen molar-refractivity contribution in [2.24, 2.45) is 0 Å². The molecule has 0 saturated heterocycles. The number of para-hydroxylation sites is 1. The van der Waals surface area contributed by atoms with E-state index in [1.54, 1.807) is 25.5 Å².